The number of hydrogen-bond acceptors (Lipinski definition) is 8. The van der Waals surface area contributed by atoms with Crippen LogP contribution in [0.3, 0.4) is 0 Å². The lowest BCUT2D eigenvalue weighted by atomic mass is 10.1. The minimum atomic E-state index is -4.77. The van der Waals surface area contributed by atoms with E-state index in [2.05, 4.69) is 4.52 Å². The van der Waals surface area contributed by atoms with Gasteiger partial charge in [0.15, 0.2) is 5.78 Å². The Morgan fingerprint density at radius 2 is 1.72 bits per heavy atom. The molecular weight excluding hydrogens is 275 g/mol. The van der Waals surface area contributed by atoms with Crippen LogP contribution in [0.2, 0.25) is 0 Å². The second-order valence-corrected chi connectivity index (χ2v) is 4.01. The molecule has 0 aliphatic heterocycles. The fourth-order valence-electron chi connectivity index (χ4n) is 0.548. The Kier molecular flexibility index (Phi) is 11.2. The molecular formula is C7H15O10P. The number of phosphoric acid groups is 1. The van der Waals surface area contributed by atoms with Crippen molar-refractivity contribution in [1.82, 2.24) is 0 Å². The van der Waals surface area contributed by atoms with Crippen LogP contribution in [0.15, 0.2) is 0 Å². The molecule has 0 aliphatic rings. The first-order valence-corrected chi connectivity index (χ1v) is 5.96. The molecule has 108 valence electrons. The average Bonchev–Trinajstić information content (AvgIpc) is 2.33. The number of phosphoric ester groups is 1. The normalized spacial score (nSPS) is 14.1. The summed E-state index contributed by atoms with van der Waals surface area (Å²) in [6, 6.07) is 0. The molecule has 6 N–H and O–H groups in total. The summed E-state index contributed by atoms with van der Waals surface area (Å²) in [5, 5.41) is 33.5. The fourth-order valence-corrected chi connectivity index (χ4v) is 0.843. The van der Waals surface area contributed by atoms with Gasteiger partial charge in [0.25, 0.3) is 0 Å². The van der Waals surface area contributed by atoms with E-state index >= 15 is 0 Å². The van der Waals surface area contributed by atoms with Gasteiger partial charge in [-0.05, 0) is 0 Å². The Labute approximate surface area is 102 Å². The summed E-state index contributed by atoms with van der Waals surface area (Å²) in [7, 11) is -4.77. The molecule has 0 fully saturated rings. The highest BCUT2D eigenvalue weighted by atomic mass is 31.2. The maximum Gasteiger partial charge on any atom is 0.470 e. The molecule has 0 aliphatic carbocycles. The lowest BCUT2D eigenvalue weighted by Crippen LogP contribution is -2.38. The SMILES string of the molecule is O=C(COP(=O)(O)O)[C@H](O)[C@H](O)CO.O=CCO. The van der Waals surface area contributed by atoms with Gasteiger partial charge in [0, 0.05) is 0 Å². The molecule has 0 radical (unpaired) electrons. The Balaban J connectivity index is 0. The quantitative estimate of drug-likeness (QED) is 0.204. The van der Waals surface area contributed by atoms with Crippen LogP contribution in [0.25, 0.3) is 0 Å². The smallest absolute Gasteiger partial charge is 0.394 e. The number of hydrogen-bond donors (Lipinski definition) is 6. The van der Waals surface area contributed by atoms with Crippen LogP contribution in [-0.4, -0.2) is 74.3 Å². The Bertz CT molecular complexity index is 286. The molecule has 0 aromatic heterocycles. The van der Waals surface area contributed by atoms with Crippen LogP contribution in [0.5, 0.6) is 0 Å². The summed E-state index contributed by atoms with van der Waals surface area (Å²) in [6.07, 6.45) is -3.19. The van der Waals surface area contributed by atoms with Crippen LogP contribution < -0.4 is 0 Å². The fraction of sp³-hybridized carbons (Fsp3) is 0.714. The van der Waals surface area contributed by atoms with Gasteiger partial charge < -0.3 is 35.0 Å². The minimum Gasteiger partial charge on any atom is -0.394 e. The lowest BCUT2D eigenvalue weighted by Gasteiger charge is -2.14. The van der Waals surface area contributed by atoms with Crippen molar-refractivity contribution in [1.29, 1.82) is 0 Å². The molecule has 0 bridgehead atoms. The van der Waals surface area contributed by atoms with Crippen LogP contribution in [0.4, 0.5) is 0 Å². The van der Waals surface area contributed by atoms with Crippen LogP contribution in [0.1, 0.15) is 0 Å². The van der Waals surface area contributed by atoms with Crippen molar-refractivity contribution >= 4 is 19.9 Å². The third kappa shape index (κ3) is 11.8. The van der Waals surface area contributed by atoms with Crippen molar-refractivity contribution in [3.63, 3.8) is 0 Å². The van der Waals surface area contributed by atoms with E-state index in [0.717, 1.165) is 0 Å². The molecule has 0 heterocycles. The van der Waals surface area contributed by atoms with Gasteiger partial charge in [-0.1, -0.05) is 0 Å². The van der Waals surface area contributed by atoms with Crippen molar-refractivity contribution in [2.75, 3.05) is 19.8 Å². The van der Waals surface area contributed by atoms with Gasteiger partial charge >= 0.3 is 7.82 Å². The molecule has 0 rings (SSSR count). The number of aldehydes is 1. The van der Waals surface area contributed by atoms with Gasteiger partial charge in [-0.15, -0.1) is 0 Å². The lowest BCUT2D eigenvalue weighted by molar-refractivity contribution is -0.137. The average molecular weight is 290 g/mol. The van der Waals surface area contributed by atoms with Crippen LogP contribution in [0, 0.1) is 0 Å². The number of carbonyl (C=O) groups is 2. The molecule has 0 amide bonds. The molecule has 0 saturated heterocycles. The molecule has 2 atom stereocenters. The maximum atomic E-state index is 10.8. The van der Waals surface area contributed by atoms with Gasteiger partial charge in [0.05, 0.1) is 13.2 Å². The molecule has 0 spiro atoms. The molecule has 10 nitrogen and oxygen atoms in total. The third-order valence-corrected chi connectivity index (χ3v) is 1.80. The predicted octanol–water partition coefficient (Wildman–Crippen LogP) is -3.44. The second kappa shape index (κ2) is 10.2. The molecule has 18 heavy (non-hydrogen) atoms. The van der Waals surface area contributed by atoms with E-state index in [1.807, 2.05) is 0 Å². The summed E-state index contributed by atoms with van der Waals surface area (Å²) in [5.41, 5.74) is 0. The number of rotatable bonds is 7. The van der Waals surface area contributed by atoms with E-state index in [-0.39, 0.29) is 6.61 Å². The highest BCUT2D eigenvalue weighted by Crippen LogP contribution is 2.35. The standard InChI is InChI=1S/C5H11O8P.C2H4O2/c6-1-3(7)5(9)4(8)2-13-14(10,11)12;3-1-2-4/h3,5-7,9H,1-2H2,(H2,10,11,12);1,4H,2H2/t3-,5-;/m1./s1. The first kappa shape index (κ1) is 19.6. The Morgan fingerprint density at radius 1 is 1.28 bits per heavy atom. The van der Waals surface area contributed by atoms with Gasteiger partial charge in [0.1, 0.15) is 25.1 Å². The molecule has 0 unspecified atom stereocenters. The highest BCUT2D eigenvalue weighted by Gasteiger charge is 2.26. The maximum absolute atomic E-state index is 10.8. The van der Waals surface area contributed by atoms with Crippen molar-refractivity contribution in [3.05, 3.63) is 0 Å². The number of aliphatic hydroxyl groups is 4. The van der Waals surface area contributed by atoms with E-state index in [1.165, 1.54) is 0 Å². The largest absolute Gasteiger partial charge is 0.470 e. The monoisotopic (exact) mass is 290 g/mol. The van der Waals surface area contributed by atoms with E-state index < -0.39 is 39.0 Å². The summed E-state index contributed by atoms with van der Waals surface area (Å²) in [5.74, 6) is -1.13. The first-order chi connectivity index (χ1) is 8.19. The van der Waals surface area contributed by atoms with E-state index in [1.54, 1.807) is 0 Å². The van der Waals surface area contributed by atoms with Crippen LogP contribution >= 0.6 is 7.82 Å². The van der Waals surface area contributed by atoms with Gasteiger partial charge in [0.2, 0.25) is 0 Å². The number of Topliss-reactive ketones (excluding diaryl/α,β-unsaturated/α-hetero) is 1. The summed E-state index contributed by atoms with van der Waals surface area (Å²) < 4.78 is 13.9. The molecule has 0 aromatic carbocycles. The molecule has 0 aromatic rings. The first-order valence-electron chi connectivity index (χ1n) is 4.43. The second-order valence-electron chi connectivity index (χ2n) is 2.77. The third-order valence-electron chi connectivity index (χ3n) is 1.33. The van der Waals surface area contributed by atoms with E-state index in [9.17, 15) is 9.36 Å². The van der Waals surface area contributed by atoms with Crippen molar-refractivity contribution in [3.8, 4) is 0 Å². The highest BCUT2D eigenvalue weighted by molar-refractivity contribution is 7.46. The van der Waals surface area contributed by atoms with Gasteiger partial charge in [-0.25, -0.2) is 4.57 Å². The summed E-state index contributed by atoms with van der Waals surface area (Å²) in [4.78, 5) is 36.1. The molecule has 11 heteroatoms. The zero-order chi connectivity index (χ0) is 14.8. The summed E-state index contributed by atoms with van der Waals surface area (Å²) in [6.45, 7) is -2.24. The van der Waals surface area contributed by atoms with Crippen molar-refractivity contribution in [2.45, 2.75) is 12.2 Å². The minimum absolute atomic E-state index is 0.361. The van der Waals surface area contributed by atoms with Crippen molar-refractivity contribution in [2.24, 2.45) is 0 Å². The number of carbonyl (C=O) groups excluding carboxylic acids is 2. The van der Waals surface area contributed by atoms with Crippen LogP contribution in [-0.2, 0) is 18.7 Å². The Hall–Kier alpha value is -0.710. The zero-order valence-corrected chi connectivity index (χ0v) is 10.0. The van der Waals surface area contributed by atoms with E-state index in [0.29, 0.717) is 6.29 Å². The number of ketones is 1. The van der Waals surface area contributed by atoms with Crippen molar-refractivity contribution < 1.29 is 48.9 Å². The van der Waals surface area contributed by atoms with Gasteiger partial charge in [-0.3, -0.25) is 9.32 Å². The Morgan fingerprint density at radius 3 is 2.00 bits per heavy atom. The summed E-state index contributed by atoms with van der Waals surface area (Å²) >= 11 is 0. The molecule has 0 saturated carbocycles. The van der Waals surface area contributed by atoms with Gasteiger partial charge in [-0.2, -0.15) is 0 Å². The zero-order valence-electron chi connectivity index (χ0n) is 9.12. The predicted molar refractivity (Wildman–Crippen MR) is 55.3 cm³/mol. The topological polar surface area (TPSA) is 182 Å². The van der Waals surface area contributed by atoms with E-state index in [4.69, 9.17) is 35.0 Å². The number of aliphatic hydroxyl groups excluding tert-OH is 4.